The van der Waals surface area contributed by atoms with E-state index < -0.39 is 6.43 Å². The molecular weight excluding hydrogens is 172 g/mol. The lowest BCUT2D eigenvalue weighted by Gasteiger charge is -2.00. The second-order valence-corrected chi connectivity index (χ2v) is 2.57. The molecule has 0 atom stereocenters. The van der Waals surface area contributed by atoms with Crippen molar-refractivity contribution in [1.82, 2.24) is 4.98 Å². The molecule has 11 heavy (non-hydrogen) atoms. The number of aromatic nitrogens is 1. The number of alkyl halides is 2. The average molecular weight is 178 g/mol. The average Bonchev–Trinajstić information content (AvgIpc) is 1.94. The molecule has 1 aromatic heterocycles. The predicted octanol–water partition coefficient (Wildman–Crippen LogP) is 2.98. The van der Waals surface area contributed by atoms with Crippen LogP contribution in [0.3, 0.4) is 0 Å². The fourth-order valence-corrected chi connectivity index (χ4v) is 0.794. The summed E-state index contributed by atoms with van der Waals surface area (Å²) in [5, 5.41) is 0.329. The molecule has 60 valence electrons. The SMILES string of the molecule is Cc1cnc(C(F)F)cc1Cl. The molecule has 0 amide bonds. The van der Waals surface area contributed by atoms with Crippen LogP contribution in [0.1, 0.15) is 17.7 Å². The Hall–Kier alpha value is -0.700. The zero-order valence-electron chi connectivity index (χ0n) is 5.81. The first-order valence-electron chi connectivity index (χ1n) is 3.01. The van der Waals surface area contributed by atoms with Crippen LogP contribution < -0.4 is 0 Å². The van der Waals surface area contributed by atoms with Crippen molar-refractivity contribution in [2.45, 2.75) is 13.3 Å². The molecule has 0 aliphatic heterocycles. The fraction of sp³-hybridized carbons (Fsp3) is 0.286. The second-order valence-electron chi connectivity index (χ2n) is 2.16. The summed E-state index contributed by atoms with van der Waals surface area (Å²) in [6, 6.07) is 1.18. The Morgan fingerprint density at radius 3 is 2.64 bits per heavy atom. The normalized spacial score (nSPS) is 10.6. The number of hydrogen-bond donors (Lipinski definition) is 0. The smallest absolute Gasteiger partial charge is 0.255 e. The summed E-state index contributed by atoms with van der Waals surface area (Å²) in [5.41, 5.74) is 0.427. The van der Waals surface area contributed by atoms with Crippen molar-refractivity contribution in [3.63, 3.8) is 0 Å². The van der Waals surface area contributed by atoms with Gasteiger partial charge in [-0.3, -0.25) is 4.98 Å². The Morgan fingerprint density at radius 1 is 1.55 bits per heavy atom. The van der Waals surface area contributed by atoms with Gasteiger partial charge in [0.25, 0.3) is 6.43 Å². The van der Waals surface area contributed by atoms with Crippen LogP contribution >= 0.6 is 11.6 Å². The Morgan fingerprint density at radius 2 is 2.18 bits per heavy atom. The number of aryl methyl sites for hydroxylation is 1. The number of rotatable bonds is 1. The zero-order valence-corrected chi connectivity index (χ0v) is 6.57. The van der Waals surface area contributed by atoms with E-state index in [1.54, 1.807) is 6.92 Å². The van der Waals surface area contributed by atoms with E-state index >= 15 is 0 Å². The van der Waals surface area contributed by atoms with Crippen LogP contribution in [0, 0.1) is 6.92 Å². The third-order valence-corrected chi connectivity index (χ3v) is 1.69. The van der Waals surface area contributed by atoms with Crippen molar-refractivity contribution in [3.8, 4) is 0 Å². The summed E-state index contributed by atoms with van der Waals surface area (Å²) < 4.78 is 23.9. The van der Waals surface area contributed by atoms with Crippen molar-refractivity contribution >= 4 is 11.6 Å². The first-order valence-corrected chi connectivity index (χ1v) is 3.39. The molecule has 0 saturated carbocycles. The van der Waals surface area contributed by atoms with E-state index in [0.29, 0.717) is 10.6 Å². The van der Waals surface area contributed by atoms with Crippen LogP contribution in [0.25, 0.3) is 0 Å². The highest BCUT2D eigenvalue weighted by atomic mass is 35.5. The molecule has 4 heteroatoms. The minimum atomic E-state index is -2.55. The van der Waals surface area contributed by atoms with Crippen molar-refractivity contribution < 1.29 is 8.78 Å². The molecule has 1 rings (SSSR count). The summed E-state index contributed by atoms with van der Waals surface area (Å²) >= 11 is 5.58. The molecular formula is C7H6ClF2N. The van der Waals surface area contributed by atoms with Crippen LogP contribution in [0.4, 0.5) is 8.78 Å². The van der Waals surface area contributed by atoms with Crippen LogP contribution in [-0.2, 0) is 0 Å². The van der Waals surface area contributed by atoms with Gasteiger partial charge in [0.05, 0.1) is 0 Å². The topological polar surface area (TPSA) is 12.9 Å². The maximum Gasteiger partial charge on any atom is 0.280 e. The molecule has 0 aromatic carbocycles. The monoisotopic (exact) mass is 177 g/mol. The quantitative estimate of drug-likeness (QED) is 0.643. The Bertz CT molecular complexity index is 263. The molecule has 0 spiro atoms. The minimum absolute atomic E-state index is 0.277. The zero-order chi connectivity index (χ0) is 8.43. The molecule has 0 saturated heterocycles. The van der Waals surface area contributed by atoms with Crippen LogP contribution in [0.2, 0.25) is 5.02 Å². The lowest BCUT2D eigenvalue weighted by atomic mass is 10.3. The summed E-state index contributed by atoms with van der Waals surface area (Å²) in [7, 11) is 0. The molecule has 0 radical (unpaired) electrons. The largest absolute Gasteiger partial charge is 0.280 e. The third-order valence-electron chi connectivity index (χ3n) is 1.28. The molecule has 0 aliphatic carbocycles. The summed E-state index contributed by atoms with van der Waals surface area (Å²) in [4.78, 5) is 3.50. The van der Waals surface area contributed by atoms with Gasteiger partial charge in [0.1, 0.15) is 5.69 Å². The number of pyridine rings is 1. The van der Waals surface area contributed by atoms with Crippen molar-refractivity contribution in [1.29, 1.82) is 0 Å². The van der Waals surface area contributed by atoms with Crippen molar-refractivity contribution in [2.24, 2.45) is 0 Å². The molecule has 1 nitrogen and oxygen atoms in total. The number of hydrogen-bond acceptors (Lipinski definition) is 1. The Labute approximate surface area is 68.0 Å². The molecule has 0 bridgehead atoms. The molecule has 0 unspecified atom stereocenters. The Kier molecular flexibility index (Phi) is 2.39. The standard InChI is InChI=1S/C7H6ClF2N/c1-4-3-11-6(7(9)10)2-5(4)8/h2-3,7H,1H3. The van der Waals surface area contributed by atoms with E-state index in [1.807, 2.05) is 0 Å². The lowest BCUT2D eigenvalue weighted by Crippen LogP contribution is -1.90. The van der Waals surface area contributed by atoms with Crippen molar-refractivity contribution in [2.75, 3.05) is 0 Å². The highest BCUT2D eigenvalue weighted by Crippen LogP contribution is 2.21. The van der Waals surface area contributed by atoms with Gasteiger partial charge in [-0.2, -0.15) is 0 Å². The summed E-state index contributed by atoms with van der Waals surface area (Å²) in [5.74, 6) is 0. The maximum atomic E-state index is 12.0. The van der Waals surface area contributed by atoms with Gasteiger partial charge in [-0.1, -0.05) is 11.6 Å². The lowest BCUT2D eigenvalue weighted by molar-refractivity contribution is 0.146. The van der Waals surface area contributed by atoms with Gasteiger partial charge in [0, 0.05) is 11.2 Å². The van der Waals surface area contributed by atoms with E-state index in [2.05, 4.69) is 4.98 Å². The highest BCUT2D eigenvalue weighted by molar-refractivity contribution is 6.31. The van der Waals surface area contributed by atoms with E-state index in [4.69, 9.17) is 11.6 Å². The van der Waals surface area contributed by atoms with Gasteiger partial charge < -0.3 is 0 Å². The van der Waals surface area contributed by atoms with Gasteiger partial charge >= 0.3 is 0 Å². The molecule has 0 aliphatic rings. The predicted molar refractivity (Wildman–Crippen MR) is 38.9 cm³/mol. The molecule has 1 heterocycles. The van der Waals surface area contributed by atoms with Crippen molar-refractivity contribution in [3.05, 3.63) is 28.5 Å². The minimum Gasteiger partial charge on any atom is -0.255 e. The van der Waals surface area contributed by atoms with E-state index in [0.717, 1.165) is 0 Å². The first-order chi connectivity index (χ1) is 5.11. The van der Waals surface area contributed by atoms with E-state index in [9.17, 15) is 8.78 Å². The number of nitrogens with zero attached hydrogens (tertiary/aromatic N) is 1. The molecule has 0 N–H and O–H groups in total. The van der Waals surface area contributed by atoms with Gasteiger partial charge in [-0.25, -0.2) is 8.78 Å². The van der Waals surface area contributed by atoms with Gasteiger partial charge in [0.15, 0.2) is 0 Å². The van der Waals surface area contributed by atoms with Gasteiger partial charge in [0.2, 0.25) is 0 Å². The van der Waals surface area contributed by atoms with Gasteiger partial charge in [-0.05, 0) is 18.6 Å². The van der Waals surface area contributed by atoms with Gasteiger partial charge in [-0.15, -0.1) is 0 Å². The molecule has 0 fully saturated rings. The number of halogens is 3. The summed E-state index contributed by atoms with van der Waals surface area (Å²) in [6.45, 7) is 1.71. The first kappa shape index (κ1) is 8.40. The van der Waals surface area contributed by atoms with Crippen LogP contribution in [0.15, 0.2) is 12.3 Å². The summed E-state index contributed by atoms with van der Waals surface area (Å²) in [6.07, 6.45) is -1.21. The fourth-order valence-electron chi connectivity index (χ4n) is 0.633. The Balaban J connectivity index is 3.05. The van der Waals surface area contributed by atoms with E-state index in [-0.39, 0.29) is 5.69 Å². The maximum absolute atomic E-state index is 12.0. The van der Waals surface area contributed by atoms with Crippen LogP contribution in [0.5, 0.6) is 0 Å². The molecule has 1 aromatic rings. The second kappa shape index (κ2) is 3.13. The highest BCUT2D eigenvalue weighted by Gasteiger charge is 2.09. The van der Waals surface area contributed by atoms with Crippen LogP contribution in [-0.4, -0.2) is 4.98 Å². The van der Waals surface area contributed by atoms with E-state index in [1.165, 1.54) is 12.3 Å². The third kappa shape index (κ3) is 1.87.